The number of methoxy groups -OCH3 is 1. The van der Waals surface area contributed by atoms with Gasteiger partial charge in [0, 0.05) is 10.8 Å². The van der Waals surface area contributed by atoms with E-state index in [0.717, 1.165) is 24.2 Å². The summed E-state index contributed by atoms with van der Waals surface area (Å²) < 4.78 is 5.22. The van der Waals surface area contributed by atoms with E-state index in [1.807, 2.05) is 24.3 Å². The summed E-state index contributed by atoms with van der Waals surface area (Å²) in [4.78, 5) is 0. The van der Waals surface area contributed by atoms with Gasteiger partial charge in [-0.25, -0.2) is 0 Å². The molecule has 2 aliphatic rings. The lowest BCUT2D eigenvalue weighted by atomic mass is 9.58. The van der Waals surface area contributed by atoms with E-state index < -0.39 is 5.60 Å². The molecule has 2 bridgehead atoms. The van der Waals surface area contributed by atoms with Gasteiger partial charge in [-0.2, -0.15) is 0 Å². The van der Waals surface area contributed by atoms with Crippen LogP contribution in [0.3, 0.4) is 0 Å². The predicted molar refractivity (Wildman–Crippen MR) is 76.1 cm³/mol. The summed E-state index contributed by atoms with van der Waals surface area (Å²) in [7, 11) is 1.67. The van der Waals surface area contributed by atoms with E-state index in [2.05, 4.69) is 20.8 Å². The van der Waals surface area contributed by atoms with Crippen molar-refractivity contribution in [1.29, 1.82) is 0 Å². The molecule has 2 heteroatoms. The highest BCUT2D eigenvalue weighted by atomic mass is 16.5. The van der Waals surface area contributed by atoms with E-state index in [1.54, 1.807) is 7.11 Å². The van der Waals surface area contributed by atoms with E-state index in [1.165, 1.54) is 6.42 Å². The Morgan fingerprint density at radius 2 is 1.79 bits per heavy atom. The number of fused-ring (bicyclic) bond motifs is 2. The molecule has 104 valence electrons. The van der Waals surface area contributed by atoms with Crippen molar-refractivity contribution in [3.8, 4) is 5.75 Å². The van der Waals surface area contributed by atoms with Crippen LogP contribution in [0, 0.1) is 16.7 Å². The first-order valence-electron chi connectivity index (χ1n) is 7.22. The fraction of sp³-hybridized carbons (Fsp3) is 0.647. The van der Waals surface area contributed by atoms with Crippen LogP contribution in [0.5, 0.6) is 5.75 Å². The summed E-state index contributed by atoms with van der Waals surface area (Å²) in [6.45, 7) is 6.71. The Bertz CT molecular complexity index is 484. The molecule has 1 aromatic rings. The third kappa shape index (κ3) is 1.41. The Labute approximate surface area is 115 Å². The summed E-state index contributed by atoms with van der Waals surface area (Å²) in [6.07, 6.45) is 3.52. The maximum atomic E-state index is 11.6. The topological polar surface area (TPSA) is 29.5 Å². The van der Waals surface area contributed by atoms with Gasteiger partial charge in [-0.1, -0.05) is 32.9 Å². The van der Waals surface area contributed by atoms with Crippen molar-refractivity contribution in [1.82, 2.24) is 0 Å². The second kappa shape index (κ2) is 3.76. The molecule has 3 rings (SSSR count). The Morgan fingerprint density at radius 3 is 2.26 bits per heavy atom. The number of ether oxygens (including phenoxy) is 1. The molecule has 1 N–H and O–H groups in total. The highest BCUT2D eigenvalue weighted by molar-refractivity contribution is 5.37. The minimum Gasteiger partial charge on any atom is -0.497 e. The number of hydrogen-bond donors (Lipinski definition) is 1. The molecule has 0 amide bonds. The number of benzene rings is 1. The van der Waals surface area contributed by atoms with Crippen LogP contribution in [0.1, 0.15) is 45.6 Å². The first kappa shape index (κ1) is 13.0. The highest BCUT2D eigenvalue weighted by Crippen LogP contribution is 2.71. The maximum Gasteiger partial charge on any atom is 0.118 e. The van der Waals surface area contributed by atoms with Crippen molar-refractivity contribution in [3.05, 3.63) is 29.8 Å². The number of rotatable bonds is 2. The SMILES string of the molecule is COc1ccc([C@@]2(O)C(C)(C)[C@@H]3CC[C@@]2(C)C3)cc1. The molecule has 0 radical (unpaired) electrons. The van der Waals surface area contributed by atoms with Crippen LogP contribution < -0.4 is 4.74 Å². The molecule has 0 aromatic heterocycles. The van der Waals surface area contributed by atoms with Crippen LogP contribution in [0.25, 0.3) is 0 Å². The van der Waals surface area contributed by atoms with Crippen molar-refractivity contribution in [2.45, 2.75) is 45.6 Å². The van der Waals surface area contributed by atoms with Crippen LogP contribution in [0.4, 0.5) is 0 Å². The van der Waals surface area contributed by atoms with Gasteiger partial charge in [-0.3, -0.25) is 0 Å². The largest absolute Gasteiger partial charge is 0.497 e. The second-order valence-electron chi connectivity index (χ2n) is 7.16. The molecule has 2 aliphatic carbocycles. The third-order valence-electron chi connectivity index (χ3n) is 6.08. The third-order valence-corrected chi connectivity index (χ3v) is 6.08. The Hall–Kier alpha value is -1.02. The maximum absolute atomic E-state index is 11.6. The second-order valence-corrected chi connectivity index (χ2v) is 7.16. The molecular formula is C17H24O2. The zero-order chi connectivity index (χ0) is 13.9. The van der Waals surface area contributed by atoms with Gasteiger partial charge >= 0.3 is 0 Å². The zero-order valence-corrected chi connectivity index (χ0v) is 12.4. The Morgan fingerprint density at radius 1 is 1.16 bits per heavy atom. The zero-order valence-electron chi connectivity index (χ0n) is 12.4. The van der Waals surface area contributed by atoms with Crippen molar-refractivity contribution < 1.29 is 9.84 Å². The fourth-order valence-corrected chi connectivity index (χ4v) is 4.81. The summed E-state index contributed by atoms with van der Waals surface area (Å²) in [5, 5.41) is 11.6. The Balaban J connectivity index is 2.10. The van der Waals surface area contributed by atoms with E-state index >= 15 is 0 Å². The van der Waals surface area contributed by atoms with Gasteiger partial charge in [0.2, 0.25) is 0 Å². The fourth-order valence-electron chi connectivity index (χ4n) is 4.81. The van der Waals surface area contributed by atoms with Crippen LogP contribution in [-0.4, -0.2) is 12.2 Å². The lowest BCUT2D eigenvalue weighted by Crippen LogP contribution is -2.51. The van der Waals surface area contributed by atoms with E-state index in [-0.39, 0.29) is 10.8 Å². The Kier molecular flexibility index (Phi) is 2.57. The van der Waals surface area contributed by atoms with Crippen LogP contribution >= 0.6 is 0 Å². The van der Waals surface area contributed by atoms with Gasteiger partial charge in [0.25, 0.3) is 0 Å². The summed E-state index contributed by atoms with van der Waals surface area (Å²) >= 11 is 0. The quantitative estimate of drug-likeness (QED) is 0.878. The van der Waals surface area contributed by atoms with Crippen molar-refractivity contribution in [2.75, 3.05) is 7.11 Å². The van der Waals surface area contributed by atoms with E-state index in [9.17, 15) is 5.11 Å². The molecule has 2 saturated carbocycles. The van der Waals surface area contributed by atoms with E-state index in [4.69, 9.17) is 4.74 Å². The first-order chi connectivity index (χ1) is 8.85. The van der Waals surface area contributed by atoms with Gasteiger partial charge in [0.1, 0.15) is 11.4 Å². The minimum atomic E-state index is -0.727. The molecule has 1 aromatic carbocycles. The van der Waals surface area contributed by atoms with Crippen molar-refractivity contribution in [2.24, 2.45) is 16.7 Å². The lowest BCUT2D eigenvalue weighted by molar-refractivity contribution is -0.150. The minimum absolute atomic E-state index is 0.00968. The molecule has 0 aliphatic heterocycles. The van der Waals surface area contributed by atoms with Gasteiger partial charge in [0.15, 0.2) is 0 Å². The standard InChI is InChI=1S/C17H24O2/c1-15(2)13-9-10-16(3,11-13)17(15,18)12-5-7-14(19-4)8-6-12/h5-8,13,18H,9-11H2,1-4H3/t13-,16+,17-/m1/s1. The van der Waals surface area contributed by atoms with Gasteiger partial charge in [-0.15, -0.1) is 0 Å². The molecule has 0 saturated heterocycles. The lowest BCUT2D eigenvalue weighted by Gasteiger charge is -2.51. The van der Waals surface area contributed by atoms with Crippen LogP contribution in [-0.2, 0) is 5.60 Å². The molecule has 2 nitrogen and oxygen atoms in total. The molecule has 0 spiro atoms. The highest BCUT2D eigenvalue weighted by Gasteiger charge is 2.68. The summed E-state index contributed by atoms with van der Waals surface area (Å²) in [5.74, 6) is 1.48. The summed E-state index contributed by atoms with van der Waals surface area (Å²) in [5.41, 5.74) is 0.266. The monoisotopic (exact) mass is 260 g/mol. The van der Waals surface area contributed by atoms with Gasteiger partial charge in [0.05, 0.1) is 7.11 Å². The normalized spacial score (nSPS) is 39.5. The van der Waals surface area contributed by atoms with Crippen molar-refractivity contribution >= 4 is 0 Å². The molecule has 19 heavy (non-hydrogen) atoms. The smallest absolute Gasteiger partial charge is 0.118 e. The molecule has 0 unspecified atom stereocenters. The average Bonchev–Trinajstić information content (AvgIpc) is 2.87. The predicted octanol–water partition coefficient (Wildman–Crippen LogP) is 3.73. The average molecular weight is 260 g/mol. The molecule has 2 fully saturated rings. The van der Waals surface area contributed by atoms with Crippen LogP contribution in [0.2, 0.25) is 0 Å². The molecular weight excluding hydrogens is 236 g/mol. The molecule has 3 atom stereocenters. The van der Waals surface area contributed by atoms with Crippen molar-refractivity contribution in [3.63, 3.8) is 0 Å². The van der Waals surface area contributed by atoms with Gasteiger partial charge in [-0.05, 0) is 42.9 Å². The number of aliphatic hydroxyl groups is 1. The number of hydrogen-bond acceptors (Lipinski definition) is 2. The first-order valence-corrected chi connectivity index (χ1v) is 7.22. The molecule has 0 heterocycles. The van der Waals surface area contributed by atoms with E-state index in [0.29, 0.717) is 5.92 Å². The van der Waals surface area contributed by atoms with Crippen LogP contribution in [0.15, 0.2) is 24.3 Å². The summed E-state index contributed by atoms with van der Waals surface area (Å²) in [6, 6.07) is 7.98. The van der Waals surface area contributed by atoms with Gasteiger partial charge < -0.3 is 9.84 Å².